The van der Waals surface area contributed by atoms with Gasteiger partial charge in [-0.25, -0.2) is 9.59 Å². The average molecular weight is 273 g/mol. The molecular formula is C12H19NO6. The first-order chi connectivity index (χ1) is 8.51. The molecule has 0 aliphatic rings. The van der Waals surface area contributed by atoms with Crippen LogP contribution >= 0.6 is 0 Å². The van der Waals surface area contributed by atoms with Gasteiger partial charge in [0.05, 0.1) is 12.2 Å². The lowest BCUT2D eigenvalue weighted by molar-refractivity contribution is -0.147. The van der Waals surface area contributed by atoms with E-state index >= 15 is 0 Å². The second-order valence-electron chi connectivity index (χ2n) is 4.92. The molecule has 0 heterocycles. The first-order valence-electron chi connectivity index (χ1n) is 5.60. The third-order valence-electron chi connectivity index (χ3n) is 1.63. The number of carbonyl (C=O) groups excluding carboxylic acids is 2. The van der Waals surface area contributed by atoms with Crippen molar-refractivity contribution in [3.05, 3.63) is 12.3 Å². The van der Waals surface area contributed by atoms with Gasteiger partial charge in [0.1, 0.15) is 11.6 Å². The molecule has 1 amide bonds. The van der Waals surface area contributed by atoms with Gasteiger partial charge >= 0.3 is 18.0 Å². The first kappa shape index (κ1) is 16.9. The zero-order valence-electron chi connectivity index (χ0n) is 11.5. The summed E-state index contributed by atoms with van der Waals surface area (Å²) in [5.74, 6) is -2.05. The molecule has 0 aromatic carbocycles. The first-order valence-corrected chi connectivity index (χ1v) is 5.60. The predicted octanol–water partition coefficient (Wildman–Crippen LogP) is 1.43. The maximum atomic E-state index is 11.6. The second kappa shape index (κ2) is 6.77. The minimum Gasteiger partial charge on any atom is -0.481 e. The molecule has 0 rings (SSSR count). The van der Waals surface area contributed by atoms with Gasteiger partial charge in [-0.1, -0.05) is 6.58 Å². The fourth-order valence-electron chi connectivity index (χ4n) is 1.06. The Bertz CT molecular complexity index is 382. The van der Waals surface area contributed by atoms with Crippen LogP contribution in [0.25, 0.3) is 0 Å². The van der Waals surface area contributed by atoms with Gasteiger partial charge < -0.3 is 19.9 Å². The summed E-state index contributed by atoms with van der Waals surface area (Å²) in [4.78, 5) is 33.7. The Morgan fingerprint density at radius 2 is 1.84 bits per heavy atom. The van der Waals surface area contributed by atoms with Crippen molar-refractivity contribution in [3.63, 3.8) is 0 Å². The Morgan fingerprint density at radius 3 is 2.21 bits per heavy atom. The van der Waals surface area contributed by atoms with Gasteiger partial charge in [-0.15, -0.1) is 0 Å². The van der Waals surface area contributed by atoms with Crippen LogP contribution in [0.5, 0.6) is 0 Å². The van der Waals surface area contributed by atoms with Gasteiger partial charge in [-0.2, -0.15) is 0 Å². The molecule has 1 atom stereocenters. The van der Waals surface area contributed by atoms with Crippen LogP contribution in [-0.4, -0.2) is 34.8 Å². The smallest absolute Gasteiger partial charge is 0.408 e. The van der Waals surface area contributed by atoms with Crippen LogP contribution in [0.15, 0.2) is 12.3 Å². The van der Waals surface area contributed by atoms with Crippen LogP contribution in [0.2, 0.25) is 0 Å². The summed E-state index contributed by atoms with van der Waals surface area (Å²) in [5, 5.41) is 10.8. The van der Waals surface area contributed by atoms with Crippen molar-refractivity contribution >= 4 is 18.0 Å². The average Bonchev–Trinajstić information content (AvgIpc) is 2.11. The maximum absolute atomic E-state index is 11.6. The summed E-state index contributed by atoms with van der Waals surface area (Å²) in [5.41, 5.74) is -0.754. The van der Waals surface area contributed by atoms with Gasteiger partial charge in [-0.05, 0) is 27.7 Å². The quantitative estimate of drug-likeness (QED) is 0.580. The Kier molecular flexibility index (Phi) is 6.04. The molecule has 0 aromatic rings. The number of aliphatic carboxylic acids is 1. The molecule has 7 heteroatoms. The van der Waals surface area contributed by atoms with Crippen molar-refractivity contribution in [1.82, 2.24) is 5.32 Å². The molecule has 2 N–H and O–H groups in total. The lowest BCUT2D eigenvalue weighted by atomic mass is 10.2. The fourth-order valence-corrected chi connectivity index (χ4v) is 1.06. The van der Waals surface area contributed by atoms with E-state index in [2.05, 4.69) is 16.6 Å². The van der Waals surface area contributed by atoms with E-state index in [0.717, 1.165) is 0 Å². The van der Waals surface area contributed by atoms with Crippen LogP contribution < -0.4 is 5.32 Å². The number of ether oxygens (including phenoxy) is 2. The molecule has 0 aliphatic heterocycles. The van der Waals surface area contributed by atoms with Crippen LogP contribution in [0, 0.1) is 0 Å². The Hall–Kier alpha value is -2.05. The molecular weight excluding hydrogens is 254 g/mol. The molecule has 0 saturated carbocycles. The van der Waals surface area contributed by atoms with E-state index in [4.69, 9.17) is 9.84 Å². The van der Waals surface area contributed by atoms with Gasteiger partial charge in [0.25, 0.3) is 0 Å². The molecule has 0 fully saturated rings. The van der Waals surface area contributed by atoms with E-state index in [9.17, 15) is 14.4 Å². The monoisotopic (exact) mass is 273 g/mol. The second-order valence-corrected chi connectivity index (χ2v) is 4.92. The highest BCUT2D eigenvalue weighted by Gasteiger charge is 2.27. The highest BCUT2D eigenvalue weighted by atomic mass is 16.6. The van der Waals surface area contributed by atoms with Crippen LogP contribution in [-0.2, 0) is 19.1 Å². The molecule has 0 unspecified atom stereocenters. The maximum Gasteiger partial charge on any atom is 0.408 e. The van der Waals surface area contributed by atoms with E-state index in [-0.39, 0.29) is 5.76 Å². The van der Waals surface area contributed by atoms with Crippen molar-refractivity contribution in [2.75, 3.05) is 0 Å². The minimum atomic E-state index is -1.33. The van der Waals surface area contributed by atoms with Crippen molar-refractivity contribution in [2.45, 2.75) is 45.8 Å². The molecule has 0 aromatic heterocycles. The molecule has 0 bridgehead atoms. The lowest BCUT2D eigenvalue weighted by Crippen LogP contribution is -2.45. The van der Waals surface area contributed by atoms with E-state index < -0.39 is 36.1 Å². The van der Waals surface area contributed by atoms with Gasteiger partial charge in [0, 0.05) is 0 Å². The normalized spacial score (nSPS) is 12.2. The van der Waals surface area contributed by atoms with E-state index in [1.165, 1.54) is 6.92 Å². The molecule has 7 nitrogen and oxygen atoms in total. The molecule has 108 valence electrons. The van der Waals surface area contributed by atoms with Crippen molar-refractivity contribution in [3.8, 4) is 0 Å². The Labute approximate surface area is 111 Å². The summed E-state index contributed by atoms with van der Waals surface area (Å²) < 4.78 is 9.61. The molecule has 0 radical (unpaired) electrons. The number of esters is 1. The van der Waals surface area contributed by atoms with E-state index in [0.29, 0.717) is 0 Å². The zero-order valence-corrected chi connectivity index (χ0v) is 11.5. The Morgan fingerprint density at radius 1 is 1.32 bits per heavy atom. The van der Waals surface area contributed by atoms with E-state index in [1.807, 2.05) is 0 Å². The van der Waals surface area contributed by atoms with Gasteiger partial charge in [0.15, 0.2) is 0 Å². The third-order valence-corrected chi connectivity index (χ3v) is 1.63. The fraction of sp³-hybridized carbons (Fsp3) is 0.583. The SMILES string of the molecule is C=C(C)OC(=O)[C@H](CC(=O)O)NC(=O)OC(C)(C)C. The highest BCUT2D eigenvalue weighted by molar-refractivity contribution is 5.86. The van der Waals surface area contributed by atoms with Crippen molar-refractivity contribution in [2.24, 2.45) is 0 Å². The van der Waals surface area contributed by atoms with Crippen LogP contribution in [0.3, 0.4) is 0 Å². The number of carboxylic acid groups (broad SMARTS) is 1. The summed E-state index contributed by atoms with van der Waals surface area (Å²) in [6.07, 6.45) is -1.50. The van der Waals surface area contributed by atoms with E-state index in [1.54, 1.807) is 20.8 Å². The number of allylic oxidation sites excluding steroid dienone is 1. The summed E-state index contributed by atoms with van der Waals surface area (Å²) in [6.45, 7) is 9.73. The number of rotatable bonds is 5. The molecule has 19 heavy (non-hydrogen) atoms. The zero-order chi connectivity index (χ0) is 15.2. The molecule has 0 saturated heterocycles. The lowest BCUT2D eigenvalue weighted by Gasteiger charge is -2.22. The number of carboxylic acids is 1. The number of amides is 1. The van der Waals surface area contributed by atoms with Crippen molar-refractivity contribution < 1.29 is 29.0 Å². The van der Waals surface area contributed by atoms with Gasteiger partial charge in [-0.3, -0.25) is 4.79 Å². The highest BCUT2D eigenvalue weighted by Crippen LogP contribution is 2.08. The van der Waals surface area contributed by atoms with Crippen LogP contribution in [0.1, 0.15) is 34.1 Å². The number of hydrogen-bond acceptors (Lipinski definition) is 5. The summed E-state index contributed by atoms with van der Waals surface area (Å²) >= 11 is 0. The number of carbonyl (C=O) groups is 3. The molecule has 0 aliphatic carbocycles. The van der Waals surface area contributed by atoms with Crippen molar-refractivity contribution in [1.29, 1.82) is 0 Å². The molecule has 0 spiro atoms. The van der Waals surface area contributed by atoms with Crippen LogP contribution in [0.4, 0.5) is 4.79 Å². The number of hydrogen-bond donors (Lipinski definition) is 2. The summed E-state index contributed by atoms with van der Waals surface area (Å²) in [6, 6.07) is -1.33. The number of nitrogens with one attached hydrogen (secondary N) is 1. The topological polar surface area (TPSA) is 102 Å². The summed E-state index contributed by atoms with van der Waals surface area (Å²) in [7, 11) is 0. The Balaban J connectivity index is 4.68. The largest absolute Gasteiger partial charge is 0.481 e. The standard InChI is InChI=1S/C12H19NO6/c1-7(2)18-10(16)8(6-9(14)15)13-11(17)19-12(3,4)5/h8H,1,6H2,2-5H3,(H,13,17)(H,14,15)/t8-/m0/s1. The number of alkyl carbamates (subject to hydrolysis) is 1. The van der Waals surface area contributed by atoms with Gasteiger partial charge in [0.2, 0.25) is 0 Å². The third kappa shape index (κ3) is 8.64. The minimum absolute atomic E-state index is 0.103. The predicted molar refractivity (Wildman–Crippen MR) is 66.3 cm³/mol.